The average Bonchev–Trinajstić information content (AvgIpc) is 3.49. The van der Waals surface area contributed by atoms with E-state index in [2.05, 4.69) is 147 Å². The predicted octanol–water partition coefficient (Wildman–Crippen LogP) is 3.60. The van der Waals surface area contributed by atoms with Crippen LogP contribution in [0.25, 0.3) is 0 Å². The molecule has 0 aliphatic carbocycles. The Morgan fingerprint density at radius 1 is 0.439 bits per heavy atom. The first-order valence-corrected chi connectivity index (χ1v) is 26.5. The lowest BCUT2D eigenvalue weighted by Crippen LogP contribution is -2.20. The lowest BCUT2D eigenvalue weighted by Gasteiger charge is -2.09. The molecule has 0 saturated carbocycles. The predicted molar refractivity (Wildman–Crippen MR) is 329 cm³/mol. The normalized spacial score (nSPS) is 7.76. The zero-order chi connectivity index (χ0) is 68.6. The van der Waals surface area contributed by atoms with E-state index in [-0.39, 0.29) is 22.6 Å². The van der Waals surface area contributed by atoms with Crippen LogP contribution >= 0.6 is 84.6 Å². The molecule has 0 aromatic heterocycles. The van der Waals surface area contributed by atoms with Crippen LogP contribution in [0.2, 0.25) is 0 Å². The lowest BCUT2D eigenvalue weighted by molar-refractivity contribution is -0.164. The number of hydrogen-bond donors (Lipinski definition) is 3. The summed E-state index contributed by atoms with van der Waals surface area (Å²) in [5.41, 5.74) is 0. The average molecular weight is 1350 g/mol. The van der Waals surface area contributed by atoms with Crippen molar-refractivity contribution in [1.82, 2.24) is 25.2 Å². The summed E-state index contributed by atoms with van der Waals surface area (Å²) in [7, 11) is 29.5. The smallest absolute Gasteiger partial charge is 0.491 e. The number of methoxy groups -OCH3 is 15. The van der Waals surface area contributed by atoms with Gasteiger partial charge in [0.15, 0.2) is 5.05 Å². The molecule has 0 spiro atoms. The minimum Gasteiger partial charge on any atom is -0.491 e. The fraction of sp³-hybridized carbons (Fsp3) is 0.667. The van der Waals surface area contributed by atoms with Gasteiger partial charge in [-0.2, -0.15) is 13.1 Å². The monoisotopic (exact) mass is 1350 g/mol. The number of esters is 4. The number of carbonyl (C=O) groups excluding carboxylic acids is 9. The zero-order valence-corrected chi connectivity index (χ0v) is 58.2. The Hall–Kier alpha value is -5.75. The first-order chi connectivity index (χ1) is 37.8. The summed E-state index contributed by atoms with van der Waals surface area (Å²) in [4.78, 5) is 92.3. The molecule has 0 bridgehead atoms. The number of alkyl carbamates (subject to hydrolysis) is 1. The second kappa shape index (κ2) is 86.5. The van der Waals surface area contributed by atoms with E-state index in [1.807, 2.05) is 25.1 Å². The number of ether oxygens (including phenoxy) is 15. The summed E-state index contributed by atoms with van der Waals surface area (Å²) in [6.45, 7) is 4.25. The van der Waals surface area contributed by atoms with Crippen molar-refractivity contribution in [2.24, 2.45) is 0 Å². The van der Waals surface area contributed by atoms with Crippen molar-refractivity contribution in [2.45, 2.75) is 20.8 Å². The molecule has 0 aromatic rings. The second-order valence-electron chi connectivity index (χ2n) is 11.1. The van der Waals surface area contributed by atoms with Gasteiger partial charge < -0.3 is 91.5 Å². The van der Waals surface area contributed by atoms with Crippen LogP contribution in [0, 0.1) is 0 Å². The van der Waals surface area contributed by atoms with Gasteiger partial charge in [-0.15, -0.1) is 0 Å². The molecule has 3 N–H and O–H groups in total. The second-order valence-corrected chi connectivity index (χ2v) is 16.5. The third-order valence-corrected chi connectivity index (χ3v) is 9.25. The van der Waals surface area contributed by atoms with Crippen LogP contribution in [-0.2, 0) is 110 Å². The number of thiocarbonyl (C=S) groups is 5. The molecule has 490 valence electrons. The highest BCUT2D eigenvalue weighted by molar-refractivity contribution is 8.22. The summed E-state index contributed by atoms with van der Waals surface area (Å²) in [6.07, 6.45) is 2.17. The van der Waals surface area contributed by atoms with Crippen LogP contribution in [0.3, 0.4) is 0 Å². The summed E-state index contributed by atoms with van der Waals surface area (Å²) >= 11 is 25.2. The molecule has 0 aliphatic rings. The third-order valence-electron chi connectivity index (χ3n) is 5.25. The van der Waals surface area contributed by atoms with Crippen molar-refractivity contribution in [3.63, 3.8) is 0 Å². The number of hydrogen-bond acceptors (Lipinski definition) is 34. The molecular weight excluding hydrogens is 1260 g/mol. The van der Waals surface area contributed by atoms with E-state index < -0.39 is 46.2 Å². The number of nitrogens with zero attached hydrogens (tertiary/aromatic N) is 2. The molecule has 82 heavy (non-hydrogen) atoms. The Bertz CT molecular complexity index is 1590. The molecular formula is C42H87N5O27S8. The maximum absolute atomic E-state index is 10.2. The van der Waals surface area contributed by atoms with Gasteiger partial charge in [0, 0.05) is 82.3 Å². The summed E-state index contributed by atoms with van der Waals surface area (Å²) in [6, 6.07) is 0. The zero-order valence-electron chi connectivity index (χ0n) is 51.7. The van der Waals surface area contributed by atoms with Crippen LogP contribution in [-0.4, -0.2) is 272 Å². The van der Waals surface area contributed by atoms with Crippen LogP contribution in [0.15, 0.2) is 0 Å². The Balaban J connectivity index is -0.0000000573. The van der Waals surface area contributed by atoms with E-state index >= 15 is 0 Å². The van der Waals surface area contributed by atoms with Gasteiger partial charge in [0.25, 0.3) is 10.3 Å². The molecule has 32 nitrogen and oxygen atoms in total. The van der Waals surface area contributed by atoms with Crippen molar-refractivity contribution < 1.29 is 127 Å². The van der Waals surface area contributed by atoms with Gasteiger partial charge >= 0.3 is 63.1 Å². The number of nitrogens with one attached hydrogen (secondary N) is 3. The maximum Gasteiger partial charge on any atom is 0.507 e. The molecule has 0 aromatic carbocycles. The van der Waals surface area contributed by atoms with Gasteiger partial charge in [-0.25, -0.2) is 33.6 Å². The number of amides is 2. The molecule has 0 radical (unpaired) electrons. The van der Waals surface area contributed by atoms with E-state index in [0.29, 0.717) is 19.8 Å². The first-order valence-electron chi connectivity index (χ1n) is 20.6. The molecule has 0 fully saturated rings. The molecule has 0 rings (SSSR count). The van der Waals surface area contributed by atoms with Crippen LogP contribution in [0.1, 0.15) is 20.8 Å². The first kappa shape index (κ1) is 108. The van der Waals surface area contributed by atoms with Crippen molar-refractivity contribution in [1.29, 1.82) is 0 Å². The highest BCUT2D eigenvalue weighted by atomic mass is 32.2. The summed E-state index contributed by atoms with van der Waals surface area (Å²) in [5.74, 6) is -3.56. The van der Waals surface area contributed by atoms with E-state index in [4.69, 9.17) is 0 Å². The standard InChI is InChI=1S/C4H9NO2.C4H9NOS.C4H6O4.C4H6O3.C3H7NO2.C3H7NOS.C3H6O3.2C3H6O2S.C3H6O2.C3H6OS2.C3H6OS.C2H7NO3S/c1-5(2)4(6)7-3;1-5(2)4(7)6-3;1-7-3(5)4(6)8-2;1-3(5)4(6)7-2;1-4-3(5)6-2;1-4-3(6)5-2;2*1-5-3(4)6-2;1-4-3(6)5-2;1-3(4)5-2;1-4-3(5)6-2;1-3(5)4-2;1-3-7(4,5)6-2/h2*1-3H3;1-2H3;1-2H3;1-2H3,(H,4,5);1-2H3,(H,4,6);3*1-2H3;1-2H3;1-2H3;1-2H3;3H,1-2H3. The number of ketones is 1. The number of rotatable bonds is 3. The van der Waals surface area contributed by atoms with Crippen molar-refractivity contribution in [2.75, 3.05) is 176 Å². The molecule has 0 unspecified atom stereocenters. The molecule has 40 heteroatoms. The van der Waals surface area contributed by atoms with Crippen LogP contribution in [0.5, 0.6) is 0 Å². The Morgan fingerprint density at radius 3 is 0.829 bits per heavy atom. The summed E-state index contributed by atoms with van der Waals surface area (Å²) < 4.78 is 90.5. The van der Waals surface area contributed by atoms with Gasteiger partial charge in [-0.1, -0.05) is 11.8 Å². The number of carbonyl (C=O) groups is 9. The minimum absolute atomic E-state index is 0.176. The van der Waals surface area contributed by atoms with Crippen molar-refractivity contribution in [3.8, 4) is 0 Å². The molecule has 0 atom stereocenters. The number of Topliss-reactive ketones (excluding diaryl/α,β-unsaturated/α-hetero) is 1. The molecule has 2 amide bonds. The van der Waals surface area contributed by atoms with E-state index in [1.165, 1.54) is 109 Å². The molecule has 0 saturated heterocycles. The Labute approximate surface area is 518 Å². The van der Waals surface area contributed by atoms with E-state index in [9.17, 15) is 51.6 Å². The SMILES string of the molecule is CNC(=O)OC.CNC(=S)OC.CNS(=O)(=O)OC.COC(=O)C(=O)OC.COC(=O)C(C)=O.COC(=O)N(C)C.COC(=O)OC.COC(=O)SC.COC(=S)N(C)C.COC(=S)OC.COC(=S)SC.COC(C)=O.COC(C)=S. The minimum atomic E-state index is -3.41. The van der Waals surface area contributed by atoms with Gasteiger partial charge in [0.05, 0.1) is 114 Å². The fourth-order valence-electron chi connectivity index (χ4n) is 1.30. The van der Waals surface area contributed by atoms with Gasteiger partial charge in [-0.05, 0) is 73.1 Å². The van der Waals surface area contributed by atoms with Gasteiger partial charge in [-0.3, -0.25) is 13.8 Å². The van der Waals surface area contributed by atoms with E-state index in [0.717, 1.165) is 40.0 Å². The topological polar surface area (TPSA) is 378 Å². The fourth-order valence-corrected chi connectivity index (χ4v) is 1.80. The third kappa shape index (κ3) is 135. The molecule has 0 aliphatic heterocycles. The quantitative estimate of drug-likeness (QED) is 0.157. The Morgan fingerprint density at radius 2 is 0.817 bits per heavy atom. The highest BCUT2D eigenvalue weighted by Crippen LogP contribution is 1.96. The van der Waals surface area contributed by atoms with E-state index in [1.54, 1.807) is 60.6 Å². The van der Waals surface area contributed by atoms with Crippen molar-refractivity contribution in [3.05, 3.63) is 0 Å². The largest absolute Gasteiger partial charge is 0.507 e. The van der Waals surface area contributed by atoms with Crippen LogP contribution < -0.4 is 15.4 Å². The van der Waals surface area contributed by atoms with Gasteiger partial charge in [0.2, 0.25) is 10.2 Å². The maximum atomic E-state index is 10.2. The van der Waals surface area contributed by atoms with Gasteiger partial charge in [0.1, 0.15) is 0 Å². The van der Waals surface area contributed by atoms with Crippen molar-refractivity contribution >= 4 is 173 Å². The lowest BCUT2D eigenvalue weighted by atomic mass is 10.5. The molecule has 0 heterocycles. The summed E-state index contributed by atoms with van der Waals surface area (Å²) in [5, 5.41) is 6.34. The van der Waals surface area contributed by atoms with Crippen LogP contribution in [0.4, 0.5) is 19.2 Å². The highest BCUT2D eigenvalue weighted by Gasteiger charge is 2.12. The number of thioether (sulfide) groups is 2. The Kier molecular flexibility index (Phi) is 114.